The Morgan fingerprint density at radius 2 is 2.09 bits per heavy atom. The molecule has 2 aliphatic carbocycles. The van der Waals surface area contributed by atoms with Crippen LogP contribution in [0, 0.1) is 23.2 Å². The molecule has 33 heavy (non-hydrogen) atoms. The largest absolute Gasteiger partial charge is 0.469 e. The average molecular weight is 467 g/mol. The standard InChI is InChI=1S/C26H42O7/c1-6-26(3,15-27)16-33-23-13-19(28)11-18-8-7-17(2)22(25(18)23)10-9-21(31-4)12-20(29)14-24(30)32-5/h7-8,11,15,17,19-23,25,28-29H,6,9-10,12-14,16H2,1-5H3/t17-,19+,20+,21+,22-,23-,25-,26+/m0/s1. The third-order valence-corrected chi connectivity index (χ3v) is 7.41. The van der Waals surface area contributed by atoms with Crippen LogP contribution < -0.4 is 0 Å². The third-order valence-electron chi connectivity index (χ3n) is 7.41. The molecule has 0 aromatic heterocycles. The Labute approximate surface area is 198 Å². The van der Waals surface area contributed by atoms with Gasteiger partial charge >= 0.3 is 5.97 Å². The Balaban J connectivity index is 2.10. The predicted molar refractivity (Wildman–Crippen MR) is 125 cm³/mol. The van der Waals surface area contributed by atoms with Crippen molar-refractivity contribution in [2.75, 3.05) is 20.8 Å². The second-order valence-electron chi connectivity index (χ2n) is 9.96. The zero-order valence-corrected chi connectivity index (χ0v) is 20.7. The lowest BCUT2D eigenvalue weighted by atomic mass is 9.66. The first-order valence-corrected chi connectivity index (χ1v) is 12.1. The summed E-state index contributed by atoms with van der Waals surface area (Å²) in [5.74, 6) is 0.278. The lowest BCUT2D eigenvalue weighted by molar-refractivity contribution is -0.143. The fraction of sp³-hybridized carbons (Fsp3) is 0.769. The van der Waals surface area contributed by atoms with E-state index in [1.54, 1.807) is 7.11 Å². The normalized spacial score (nSPS) is 30.5. The molecule has 0 heterocycles. The summed E-state index contributed by atoms with van der Waals surface area (Å²) in [6, 6.07) is 0. The zero-order chi connectivity index (χ0) is 24.6. The number of ether oxygens (including phenoxy) is 3. The van der Waals surface area contributed by atoms with Crippen LogP contribution in [0.2, 0.25) is 0 Å². The van der Waals surface area contributed by atoms with Crippen LogP contribution in [0.5, 0.6) is 0 Å². The smallest absolute Gasteiger partial charge is 0.308 e. The monoisotopic (exact) mass is 466 g/mol. The van der Waals surface area contributed by atoms with Crippen molar-refractivity contribution in [2.45, 2.75) is 83.7 Å². The number of aliphatic hydroxyl groups excluding tert-OH is 2. The molecule has 0 aromatic rings. The summed E-state index contributed by atoms with van der Waals surface area (Å²) in [5, 5.41) is 20.6. The van der Waals surface area contributed by atoms with E-state index in [1.165, 1.54) is 7.11 Å². The van der Waals surface area contributed by atoms with Crippen molar-refractivity contribution in [1.29, 1.82) is 0 Å². The molecular weight excluding hydrogens is 424 g/mol. The molecule has 0 bridgehead atoms. The van der Waals surface area contributed by atoms with Gasteiger partial charge in [-0.15, -0.1) is 0 Å². The number of methoxy groups -OCH3 is 2. The minimum atomic E-state index is -0.808. The molecule has 0 saturated carbocycles. The van der Waals surface area contributed by atoms with Crippen LogP contribution in [-0.2, 0) is 23.8 Å². The summed E-state index contributed by atoms with van der Waals surface area (Å²) >= 11 is 0. The predicted octanol–water partition coefficient (Wildman–Crippen LogP) is 3.23. The van der Waals surface area contributed by atoms with E-state index in [0.29, 0.717) is 31.8 Å². The number of aldehydes is 1. The molecule has 7 nitrogen and oxygen atoms in total. The van der Waals surface area contributed by atoms with Gasteiger partial charge in [-0.1, -0.05) is 39.0 Å². The van der Waals surface area contributed by atoms with Gasteiger partial charge in [0.25, 0.3) is 0 Å². The van der Waals surface area contributed by atoms with Gasteiger partial charge in [0.15, 0.2) is 0 Å². The van der Waals surface area contributed by atoms with E-state index >= 15 is 0 Å². The van der Waals surface area contributed by atoms with Crippen molar-refractivity contribution >= 4 is 12.3 Å². The first-order chi connectivity index (χ1) is 15.7. The van der Waals surface area contributed by atoms with Gasteiger partial charge in [0.2, 0.25) is 0 Å². The first-order valence-electron chi connectivity index (χ1n) is 12.1. The molecule has 8 atom stereocenters. The van der Waals surface area contributed by atoms with Crippen LogP contribution in [0.1, 0.15) is 59.3 Å². The van der Waals surface area contributed by atoms with Gasteiger partial charge in [-0.3, -0.25) is 4.79 Å². The summed E-state index contributed by atoms with van der Waals surface area (Å²) in [7, 11) is 2.93. The maximum atomic E-state index is 11.6. The van der Waals surface area contributed by atoms with Crippen LogP contribution >= 0.6 is 0 Å². The summed E-state index contributed by atoms with van der Waals surface area (Å²) in [6.07, 6.45) is 8.55. The number of carbonyl (C=O) groups is 2. The van der Waals surface area contributed by atoms with Gasteiger partial charge in [0, 0.05) is 31.3 Å². The van der Waals surface area contributed by atoms with Crippen molar-refractivity contribution in [3.05, 3.63) is 23.8 Å². The number of hydrogen-bond donors (Lipinski definition) is 2. The van der Waals surface area contributed by atoms with E-state index in [9.17, 15) is 19.8 Å². The lowest BCUT2D eigenvalue weighted by Crippen LogP contribution is -2.43. The Hall–Kier alpha value is -1.54. The van der Waals surface area contributed by atoms with E-state index in [0.717, 1.165) is 24.7 Å². The molecule has 0 saturated heterocycles. The number of esters is 1. The molecule has 7 heteroatoms. The quantitative estimate of drug-likeness (QED) is 0.317. The molecule has 188 valence electrons. The maximum Gasteiger partial charge on any atom is 0.308 e. The molecule has 0 aromatic carbocycles. The highest BCUT2D eigenvalue weighted by Crippen LogP contribution is 2.44. The van der Waals surface area contributed by atoms with Crippen LogP contribution in [0.25, 0.3) is 0 Å². The fourth-order valence-corrected chi connectivity index (χ4v) is 4.93. The van der Waals surface area contributed by atoms with Gasteiger partial charge in [-0.2, -0.15) is 0 Å². The molecule has 2 aliphatic rings. The number of allylic oxidation sites excluding steroid dienone is 2. The van der Waals surface area contributed by atoms with Crippen LogP contribution in [0.3, 0.4) is 0 Å². The van der Waals surface area contributed by atoms with Crippen molar-refractivity contribution in [3.8, 4) is 0 Å². The van der Waals surface area contributed by atoms with Gasteiger partial charge in [0.1, 0.15) is 6.29 Å². The Morgan fingerprint density at radius 1 is 1.36 bits per heavy atom. The Kier molecular flexibility index (Phi) is 10.7. The Bertz CT molecular complexity index is 703. The number of rotatable bonds is 13. The summed E-state index contributed by atoms with van der Waals surface area (Å²) in [6.45, 7) is 6.40. The Morgan fingerprint density at radius 3 is 2.70 bits per heavy atom. The number of carbonyl (C=O) groups excluding carboxylic acids is 2. The molecule has 0 amide bonds. The van der Waals surface area contributed by atoms with Crippen LogP contribution in [-0.4, -0.2) is 67.7 Å². The summed E-state index contributed by atoms with van der Waals surface area (Å²) < 4.78 is 16.6. The van der Waals surface area contributed by atoms with Crippen molar-refractivity contribution in [3.63, 3.8) is 0 Å². The minimum Gasteiger partial charge on any atom is -0.469 e. The SMILES string of the molecule is CC[C@](C)(C=O)CO[C@H]1C[C@H](O)C=C2C=C[C@H](C)[C@H](CC[C@H](C[C@@H](O)CC(=O)OC)OC)[C@H]21. The highest BCUT2D eigenvalue weighted by atomic mass is 16.5. The highest BCUT2D eigenvalue weighted by Gasteiger charge is 2.41. The highest BCUT2D eigenvalue weighted by molar-refractivity contribution is 5.69. The second-order valence-corrected chi connectivity index (χ2v) is 9.96. The molecule has 0 fully saturated rings. The summed E-state index contributed by atoms with van der Waals surface area (Å²) in [4.78, 5) is 23.0. The van der Waals surface area contributed by atoms with E-state index in [1.807, 2.05) is 19.9 Å². The maximum absolute atomic E-state index is 11.6. The third kappa shape index (κ3) is 7.74. The van der Waals surface area contributed by atoms with Gasteiger partial charge in [-0.25, -0.2) is 0 Å². The van der Waals surface area contributed by atoms with Crippen molar-refractivity contribution < 1.29 is 34.0 Å². The molecule has 0 spiro atoms. The van der Waals surface area contributed by atoms with Gasteiger partial charge < -0.3 is 29.2 Å². The van der Waals surface area contributed by atoms with Crippen molar-refractivity contribution in [2.24, 2.45) is 23.2 Å². The zero-order valence-electron chi connectivity index (χ0n) is 20.7. The number of aliphatic hydroxyl groups is 2. The molecule has 2 rings (SSSR count). The fourth-order valence-electron chi connectivity index (χ4n) is 4.93. The van der Waals surface area contributed by atoms with Crippen LogP contribution in [0.4, 0.5) is 0 Å². The van der Waals surface area contributed by atoms with E-state index in [-0.39, 0.29) is 30.5 Å². The molecule has 2 N–H and O–H groups in total. The minimum absolute atomic E-state index is 0.0465. The molecular formula is C26H42O7. The van der Waals surface area contributed by atoms with E-state index in [2.05, 4.69) is 23.8 Å². The second kappa shape index (κ2) is 12.8. The average Bonchev–Trinajstić information content (AvgIpc) is 2.80. The van der Waals surface area contributed by atoms with Gasteiger partial charge in [0.05, 0.1) is 44.6 Å². The first kappa shape index (κ1) is 27.7. The number of hydrogen-bond acceptors (Lipinski definition) is 7. The molecule has 0 aliphatic heterocycles. The molecule has 0 radical (unpaired) electrons. The summed E-state index contributed by atoms with van der Waals surface area (Å²) in [5.41, 5.74) is 0.556. The van der Waals surface area contributed by atoms with E-state index in [4.69, 9.17) is 9.47 Å². The van der Waals surface area contributed by atoms with Gasteiger partial charge in [-0.05, 0) is 36.7 Å². The van der Waals surface area contributed by atoms with E-state index < -0.39 is 23.6 Å². The van der Waals surface area contributed by atoms with Crippen molar-refractivity contribution in [1.82, 2.24) is 0 Å². The molecule has 0 unspecified atom stereocenters. The number of fused-ring (bicyclic) bond motifs is 1. The topological polar surface area (TPSA) is 102 Å². The van der Waals surface area contributed by atoms with Crippen LogP contribution in [0.15, 0.2) is 23.8 Å². The lowest BCUT2D eigenvalue weighted by Gasteiger charge is -2.44.